The molecule has 2 N–H and O–H groups in total. The molecule has 30 heavy (non-hydrogen) atoms. The van der Waals surface area contributed by atoms with Crippen molar-refractivity contribution >= 4 is 29.4 Å². The normalized spacial score (nSPS) is 13.8. The molecule has 9 heteroatoms. The molecule has 0 aromatic heterocycles. The Kier molecular flexibility index (Phi) is 6.79. The van der Waals surface area contributed by atoms with E-state index in [0.29, 0.717) is 11.5 Å². The van der Waals surface area contributed by atoms with Crippen LogP contribution in [0.5, 0.6) is 11.5 Å². The standard InChI is InChI=1S/C21H21ClN2O6/c1-12(24-20(26)15-5-3-4-6-16(15)22)21(27)30-13(2)19(25)23-10-14-7-8-17-18(9-14)29-11-28-17/h3-9,12-13H,10-11H2,1-2H3,(H,23,25)(H,24,26)/t12-,13+/m0/s1. The average molecular weight is 433 g/mol. The number of fused-ring (bicyclic) bond motifs is 1. The van der Waals surface area contributed by atoms with E-state index >= 15 is 0 Å². The van der Waals surface area contributed by atoms with Crippen molar-refractivity contribution in [1.82, 2.24) is 10.6 Å². The molecule has 1 aliphatic heterocycles. The molecule has 0 saturated carbocycles. The Bertz CT molecular complexity index is 964. The molecule has 2 atom stereocenters. The van der Waals surface area contributed by atoms with Gasteiger partial charge in [0.05, 0.1) is 10.6 Å². The lowest BCUT2D eigenvalue weighted by Gasteiger charge is -2.18. The zero-order valence-electron chi connectivity index (χ0n) is 16.4. The molecule has 0 aliphatic carbocycles. The topological polar surface area (TPSA) is 103 Å². The van der Waals surface area contributed by atoms with Gasteiger partial charge in [0.25, 0.3) is 11.8 Å². The summed E-state index contributed by atoms with van der Waals surface area (Å²) in [6, 6.07) is 10.8. The number of hydrogen-bond acceptors (Lipinski definition) is 6. The molecule has 0 spiro atoms. The minimum absolute atomic E-state index is 0.170. The second-order valence-corrected chi connectivity index (χ2v) is 7.07. The number of nitrogens with one attached hydrogen (secondary N) is 2. The van der Waals surface area contributed by atoms with Gasteiger partial charge in [0.15, 0.2) is 17.6 Å². The number of amides is 2. The van der Waals surface area contributed by atoms with E-state index in [4.69, 9.17) is 25.8 Å². The molecule has 1 heterocycles. The van der Waals surface area contributed by atoms with Gasteiger partial charge in [-0.3, -0.25) is 9.59 Å². The van der Waals surface area contributed by atoms with Gasteiger partial charge in [-0.15, -0.1) is 0 Å². The molecule has 0 fully saturated rings. The summed E-state index contributed by atoms with van der Waals surface area (Å²) in [6.45, 7) is 3.32. The Morgan fingerprint density at radius 1 is 1.10 bits per heavy atom. The van der Waals surface area contributed by atoms with Crippen LogP contribution in [0.25, 0.3) is 0 Å². The number of esters is 1. The van der Waals surface area contributed by atoms with Crippen molar-refractivity contribution in [3.05, 3.63) is 58.6 Å². The summed E-state index contributed by atoms with van der Waals surface area (Å²) >= 11 is 5.98. The third kappa shape index (κ3) is 5.21. The molecular weight excluding hydrogens is 412 g/mol. The fraction of sp³-hybridized carbons (Fsp3) is 0.286. The molecule has 2 aromatic carbocycles. The van der Waals surface area contributed by atoms with E-state index in [1.807, 2.05) is 0 Å². The summed E-state index contributed by atoms with van der Waals surface area (Å²) in [7, 11) is 0. The summed E-state index contributed by atoms with van der Waals surface area (Å²) < 4.78 is 15.7. The highest BCUT2D eigenvalue weighted by molar-refractivity contribution is 6.33. The second kappa shape index (κ2) is 9.49. The van der Waals surface area contributed by atoms with Crippen LogP contribution in [0.1, 0.15) is 29.8 Å². The summed E-state index contributed by atoms with van der Waals surface area (Å²) in [6.07, 6.45) is -1.04. The fourth-order valence-electron chi connectivity index (χ4n) is 2.69. The number of benzene rings is 2. The number of hydrogen-bond donors (Lipinski definition) is 2. The largest absolute Gasteiger partial charge is 0.454 e. The number of carbonyl (C=O) groups is 3. The van der Waals surface area contributed by atoms with Crippen LogP contribution in [-0.2, 0) is 20.9 Å². The molecule has 0 saturated heterocycles. The maximum atomic E-state index is 12.2. The Morgan fingerprint density at radius 3 is 2.60 bits per heavy atom. The zero-order chi connectivity index (χ0) is 21.7. The lowest BCUT2D eigenvalue weighted by molar-refractivity contribution is -0.156. The summed E-state index contributed by atoms with van der Waals surface area (Å²) in [5.41, 5.74) is 1.06. The van der Waals surface area contributed by atoms with E-state index in [1.54, 1.807) is 42.5 Å². The fourth-order valence-corrected chi connectivity index (χ4v) is 2.91. The van der Waals surface area contributed by atoms with Crippen LogP contribution in [0.4, 0.5) is 0 Å². The maximum Gasteiger partial charge on any atom is 0.329 e. The minimum atomic E-state index is -1.04. The lowest BCUT2D eigenvalue weighted by atomic mass is 10.2. The van der Waals surface area contributed by atoms with Crippen molar-refractivity contribution in [3.63, 3.8) is 0 Å². The monoisotopic (exact) mass is 432 g/mol. The zero-order valence-corrected chi connectivity index (χ0v) is 17.2. The molecule has 0 bridgehead atoms. The molecule has 0 unspecified atom stereocenters. The highest BCUT2D eigenvalue weighted by Crippen LogP contribution is 2.32. The second-order valence-electron chi connectivity index (χ2n) is 6.66. The number of carbonyl (C=O) groups excluding carboxylic acids is 3. The van der Waals surface area contributed by atoms with Gasteiger partial charge in [-0.1, -0.05) is 29.8 Å². The molecule has 0 radical (unpaired) electrons. The Hall–Kier alpha value is -3.26. The highest BCUT2D eigenvalue weighted by Gasteiger charge is 2.24. The van der Waals surface area contributed by atoms with Gasteiger partial charge in [-0.25, -0.2) is 4.79 Å². The Balaban J connectivity index is 1.47. The third-order valence-electron chi connectivity index (χ3n) is 4.39. The van der Waals surface area contributed by atoms with Crippen LogP contribution in [0, 0.1) is 0 Å². The van der Waals surface area contributed by atoms with Crippen LogP contribution in [0.2, 0.25) is 5.02 Å². The molecular formula is C21H21ClN2O6. The van der Waals surface area contributed by atoms with E-state index in [1.165, 1.54) is 13.8 Å². The van der Waals surface area contributed by atoms with Gasteiger partial charge in [0.2, 0.25) is 6.79 Å². The molecule has 2 aromatic rings. The Labute approximate surface area is 178 Å². The molecule has 2 amide bonds. The van der Waals surface area contributed by atoms with Gasteiger partial charge in [-0.05, 0) is 43.7 Å². The van der Waals surface area contributed by atoms with Crippen molar-refractivity contribution < 1.29 is 28.6 Å². The molecule has 1 aliphatic rings. The van der Waals surface area contributed by atoms with E-state index in [9.17, 15) is 14.4 Å². The van der Waals surface area contributed by atoms with Crippen molar-refractivity contribution in [1.29, 1.82) is 0 Å². The highest BCUT2D eigenvalue weighted by atomic mass is 35.5. The van der Waals surface area contributed by atoms with Crippen LogP contribution in [0.15, 0.2) is 42.5 Å². The SMILES string of the molecule is C[C@H](NC(=O)c1ccccc1Cl)C(=O)O[C@H](C)C(=O)NCc1ccc2c(c1)OCO2. The first-order chi connectivity index (χ1) is 14.3. The Morgan fingerprint density at radius 2 is 1.83 bits per heavy atom. The van der Waals surface area contributed by atoms with Crippen LogP contribution >= 0.6 is 11.6 Å². The van der Waals surface area contributed by atoms with Crippen LogP contribution < -0.4 is 20.1 Å². The van der Waals surface area contributed by atoms with Crippen LogP contribution in [-0.4, -0.2) is 36.7 Å². The average Bonchev–Trinajstić information content (AvgIpc) is 3.19. The van der Waals surface area contributed by atoms with Crippen LogP contribution in [0.3, 0.4) is 0 Å². The number of ether oxygens (including phenoxy) is 3. The number of rotatable bonds is 7. The van der Waals surface area contributed by atoms with E-state index in [0.717, 1.165) is 5.56 Å². The van der Waals surface area contributed by atoms with E-state index in [2.05, 4.69) is 10.6 Å². The molecule has 158 valence electrons. The predicted molar refractivity (Wildman–Crippen MR) is 108 cm³/mol. The first kappa shape index (κ1) is 21.4. The van der Waals surface area contributed by atoms with Gasteiger partial charge in [-0.2, -0.15) is 0 Å². The molecule has 3 rings (SSSR count). The van der Waals surface area contributed by atoms with Crippen molar-refractivity contribution in [3.8, 4) is 11.5 Å². The summed E-state index contributed by atoms with van der Waals surface area (Å²) in [4.78, 5) is 36.7. The minimum Gasteiger partial charge on any atom is -0.454 e. The van der Waals surface area contributed by atoms with Crippen molar-refractivity contribution in [2.24, 2.45) is 0 Å². The summed E-state index contributed by atoms with van der Waals surface area (Å²) in [5, 5.41) is 5.47. The first-order valence-corrected chi connectivity index (χ1v) is 9.65. The lowest BCUT2D eigenvalue weighted by Crippen LogP contribution is -2.43. The third-order valence-corrected chi connectivity index (χ3v) is 4.72. The smallest absolute Gasteiger partial charge is 0.329 e. The van der Waals surface area contributed by atoms with E-state index < -0.39 is 29.9 Å². The molecule has 8 nitrogen and oxygen atoms in total. The van der Waals surface area contributed by atoms with Gasteiger partial charge in [0.1, 0.15) is 6.04 Å². The van der Waals surface area contributed by atoms with Gasteiger partial charge < -0.3 is 24.8 Å². The van der Waals surface area contributed by atoms with Gasteiger partial charge >= 0.3 is 5.97 Å². The maximum absolute atomic E-state index is 12.2. The quantitative estimate of drug-likeness (QED) is 0.651. The van der Waals surface area contributed by atoms with Crippen molar-refractivity contribution in [2.45, 2.75) is 32.5 Å². The summed E-state index contributed by atoms with van der Waals surface area (Å²) in [5.74, 6) is -0.443. The predicted octanol–water partition coefficient (Wildman–Crippen LogP) is 2.44. The first-order valence-electron chi connectivity index (χ1n) is 9.27. The van der Waals surface area contributed by atoms with Crippen molar-refractivity contribution in [2.75, 3.05) is 6.79 Å². The number of halogens is 1. The van der Waals surface area contributed by atoms with Gasteiger partial charge in [0, 0.05) is 6.54 Å². The van der Waals surface area contributed by atoms with E-state index in [-0.39, 0.29) is 23.9 Å².